The Morgan fingerprint density at radius 2 is 1.80 bits per heavy atom. The van der Waals surface area contributed by atoms with E-state index in [0.717, 1.165) is 15.6 Å². The van der Waals surface area contributed by atoms with Crippen molar-refractivity contribution < 1.29 is 9.47 Å². The molecule has 0 unspecified atom stereocenters. The Morgan fingerprint density at radius 3 is 2.13 bits per heavy atom. The Bertz CT molecular complexity index is 352. The van der Waals surface area contributed by atoms with Gasteiger partial charge in [0.15, 0.2) is 0 Å². The summed E-state index contributed by atoms with van der Waals surface area (Å²) in [6.07, 6.45) is 0. The van der Waals surface area contributed by atoms with Crippen LogP contribution in [0.2, 0.25) is 0 Å². The molecule has 1 aromatic rings. The van der Waals surface area contributed by atoms with Crippen LogP contribution >= 0.6 is 15.9 Å². The van der Waals surface area contributed by atoms with Crippen LogP contribution in [0.15, 0.2) is 23.2 Å². The molecule has 0 heterocycles. The molecule has 0 spiro atoms. The molecule has 15 heavy (non-hydrogen) atoms. The summed E-state index contributed by atoms with van der Waals surface area (Å²) in [4.78, 5) is 0. The van der Waals surface area contributed by atoms with E-state index in [4.69, 9.17) is 15.2 Å². The first kappa shape index (κ1) is 12.1. The van der Waals surface area contributed by atoms with E-state index in [1.165, 1.54) is 0 Å². The third-order valence-electron chi connectivity index (χ3n) is 2.10. The zero-order valence-electron chi connectivity index (χ0n) is 8.84. The number of methoxy groups -OCH3 is 2. The highest BCUT2D eigenvalue weighted by Crippen LogP contribution is 2.36. The summed E-state index contributed by atoms with van der Waals surface area (Å²) in [6, 6.07) is 3.75. The Hall–Kier alpha value is -1.00. The summed E-state index contributed by atoms with van der Waals surface area (Å²) in [5.41, 5.74) is 7.30. The molecule has 1 rings (SSSR count). The highest BCUT2D eigenvalue weighted by Gasteiger charge is 2.10. The van der Waals surface area contributed by atoms with Gasteiger partial charge in [-0.2, -0.15) is 0 Å². The second-order valence-corrected chi connectivity index (χ2v) is 3.80. The molecule has 3 nitrogen and oxygen atoms in total. The molecular weight excluding hydrogens is 258 g/mol. The molecule has 0 saturated heterocycles. The highest BCUT2D eigenvalue weighted by atomic mass is 79.9. The van der Waals surface area contributed by atoms with Gasteiger partial charge in [0, 0.05) is 6.54 Å². The molecule has 0 aliphatic carbocycles. The fourth-order valence-corrected chi connectivity index (χ4v) is 1.74. The van der Waals surface area contributed by atoms with E-state index in [0.29, 0.717) is 18.0 Å². The average Bonchev–Trinajstić information content (AvgIpc) is 2.28. The fraction of sp³-hybridized carbons (Fsp3) is 0.273. The largest absolute Gasteiger partial charge is 0.495 e. The van der Waals surface area contributed by atoms with E-state index in [-0.39, 0.29) is 0 Å². The summed E-state index contributed by atoms with van der Waals surface area (Å²) >= 11 is 3.40. The molecule has 2 N–H and O–H groups in total. The van der Waals surface area contributed by atoms with Gasteiger partial charge in [-0.1, -0.05) is 6.58 Å². The predicted molar refractivity (Wildman–Crippen MR) is 65.3 cm³/mol. The minimum Gasteiger partial charge on any atom is -0.495 e. The first-order chi connectivity index (χ1) is 7.13. The van der Waals surface area contributed by atoms with Gasteiger partial charge in [0.05, 0.1) is 14.2 Å². The predicted octanol–water partition coefficient (Wildman–Crippen LogP) is 2.44. The van der Waals surface area contributed by atoms with Gasteiger partial charge in [0.25, 0.3) is 0 Å². The summed E-state index contributed by atoms with van der Waals surface area (Å²) in [7, 11) is 3.21. The smallest absolute Gasteiger partial charge is 0.137 e. The Kier molecular flexibility index (Phi) is 4.17. The molecule has 0 bridgehead atoms. The number of benzene rings is 1. The normalized spacial score (nSPS) is 9.87. The van der Waals surface area contributed by atoms with Crippen LogP contribution in [0.5, 0.6) is 11.5 Å². The van der Waals surface area contributed by atoms with Crippen LogP contribution in [-0.4, -0.2) is 20.8 Å². The first-order valence-corrected chi connectivity index (χ1v) is 5.23. The second kappa shape index (κ2) is 5.19. The molecule has 0 atom stereocenters. The SMILES string of the molecule is C=C(CN)c1cc(OC)c(Br)c(OC)c1. The van der Waals surface area contributed by atoms with Crippen molar-refractivity contribution >= 4 is 21.5 Å². The first-order valence-electron chi connectivity index (χ1n) is 4.43. The fourth-order valence-electron chi connectivity index (χ4n) is 1.19. The summed E-state index contributed by atoms with van der Waals surface area (Å²) in [5.74, 6) is 1.41. The molecule has 0 saturated carbocycles. The molecule has 0 fully saturated rings. The molecule has 4 heteroatoms. The molecule has 0 aromatic heterocycles. The maximum Gasteiger partial charge on any atom is 0.137 e. The average molecular weight is 272 g/mol. The standard InChI is InChI=1S/C11H14BrNO2/c1-7(6-13)8-4-9(14-2)11(12)10(5-8)15-3/h4-5H,1,6,13H2,2-3H3. The zero-order valence-corrected chi connectivity index (χ0v) is 10.4. The molecule has 0 radical (unpaired) electrons. The number of nitrogens with two attached hydrogens (primary N) is 1. The number of rotatable bonds is 4. The lowest BCUT2D eigenvalue weighted by Gasteiger charge is -2.12. The zero-order chi connectivity index (χ0) is 11.4. The van der Waals surface area contributed by atoms with Crippen molar-refractivity contribution in [3.8, 4) is 11.5 Å². The lowest BCUT2D eigenvalue weighted by atomic mass is 10.1. The van der Waals surface area contributed by atoms with E-state index >= 15 is 0 Å². The van der Waals surface area contributed by atoms with Crippen LogP contribution in [0.25, 0.3) is 5.57 Å². The lowest BCUT2D eigenvalue weighted by Crippen LogP contribution is -2.02. The van der Waals surface area contributed by atoms with E-state index in [1.807, 2.05) is 12.1 Å². The topological polar surface area (TPSA) is 44.5 Å². The number of halogens is 1. The lowest BCUT2D eigenvalue weighted by molar-refractivity contribution is 0.389. The second-order valence-electron chi connectivity index (χ2n) is 3.00. The van der Waals surface area contributed by atoms with Gasteiger partial charge >= 0.3 is 0 Å². The van der Waals surface area contributed by atoms with E-state index < -0.39 is 0 Å². The van der Waals surface area contributed by atoms with Crippen molar-refractivity contribution in [2.24, 2.45) is 5.73 Å². The molecule has 0 aliphatic heterocycles. The van der Waals surface area contributed by atoms with Gasteiger partial charge in [-0.25, -0.2) is 0 Å². The van der Waals surface area contributed by atoms with Crippen LogP contribution in [-0.2, 0) is 0 Å². The third-order valence-corrected chi connectivity index (χ3v) is 2.88. The minimum atomic E-state index is 0.411. The Morgan fingerprint density at radius 1 is 1.33 bits per heavy atom. The van der Waals surface area contributed by atoms with Crippen molar-refractivity contribution in [1.82, 2.24) is 0 Å². The van der Waals surface area contributed by atoms with E-state index in [1.54, 1.807) is 14.2 Å². The van der Waals surface area contributed by atoms with Gasteiger partial charge in [0.1, 0.15) is 16.0 Å². The summed E-state index contributed by atoms with van der Waals surface area (Å²) < 4.78 is 11.2. The van der Waals surface area contributed by atoms with Gasteiger partial charge in [0.2, 0.25) is 0 Å². The van der Waals surface area contributed by atoms with Gasteiger partial charge in [-0.15, -0.1) is 0 Å². The summed E-state index contributed by atoms with van der Waals surface area (Å²) in [5, 5.41) is 0. The maximum absolute atomic E-state index is 5.53. The van der Waals surface area contributed by atoms with Crippen molar-refractivity contribution in [1.29, 1.82) is 0 Å². The Labute approximate surface area is 98.0 Å². The monoisotopic (exact) mass is 271 g/mol. The number of ether oxygens (including phenoxy) is 2. The van der Waals surface area contributed by atoms with Crippen LogP contribution in [0, 0.1) is 0 Å². The molecule has 0 amide bonds. The van der Waals surface area contributed by atoms with Crippen molar-refractivity contribution in [2.45, 2.75) is 0 Å². The van der Waals surface area contributed by atoms with Gasteiger partial charge < -0.3 is 15.2 Å². The van der Waals surface area contributed by atoms with Crippen molar-refractivity contribution in [3.05, 3.63) is 28.7 Å². The molecular formula is C11H14BrNO2. The summed E-state index contributed by atoms with van der Waals surface area (Å²) in [6.45, 7) is 4.28. The van der Waals surface area contributed by atoms with Crippen LogP contribution in [0.4, 0.5) is 0 Å². The van der Waals surface area contributed by atoms with Gasteiger partial charge in [-0.3, -0.25) is 0 Å². The minimum absolute atomic E-state index is 0.411. The van der Waals surface area contributed by atoms with Crippen LogP contribution in [0.1, 0.15) is 5.56 Å². The third kappa shape index (κ3) is 2.52. The van der Waals surface area contributed by atoms with Crippen LogP contribution < -0.4 is 15.2 Å². The molecule has 0 aliphatic rings. The van der Waals surface area contributed by atoms with Gasteiger partial charge in [-0.05, 0) is 39.2 Å². The van der Waals surface area contributed by atoms with Crippen molar-refractivity contribution in [3.63, 3.8) is 0 Å². The molecule has 82 valence electrons. The molecule has 1 aromatic carbocycles. The Balaban J connectivity index is 3.26. The maximum atomic E-state index is 5.53. The van der Waals surface area contributed by atoms with E-state index in [9.17, 15) is 0 Å². The highest BCUT2D eigenvalue weighted by molar-refractivity contribution is 9.10. The number of hydrogen-bond donors (Lipinski definition) is 1. The quantitative estimate of drug-likeness (QED) is 0.915. The number of hydrogen-bond acceptors (Lipinski definition) is 3. The van der Waals surface area contributed by atoms with Crippen molar-refractivity contribution in [2.75, 3.05) is 20.8 Å². The van der Waals surface area contributed by atoms with Crippen LogP contribution in [0.3, 0.4) is 0 Å². The van der Waals surface area contributed by atoms with E-state index in [2.05, 4.69) is 22.5 Å².